The first-order valence-electron chi connectivity index (χ1n) is 7.86. The maximum Gasteiger partial charge on any atom is 0.204 e. The van der Waals surface area contributed by atoms with E-state index in [0.29, 0.717) is 25.6 Å². The lowest BCUT2D eigenvalue weighted by Crippen LogP contribution is -2.23. The number of para-hydroxylation sites is 2. The molecular weight excluding hydrogens is 310 g/mol. The number of aliphatic hydroxyl groups excluding tert-OH is 2. The third-order valence-corrected chi connectivity index (χ3v) is 3.58. The summed E-state index contributed by atoms with van der Waals surface area (Å²) < 4.78 is 12.6. The largest absolute Gasteiger partial charge is 0.467 e. The molecule has 0 aliphatic rings. The van der Waals surface area contributed by atoms with Gasteiger partial charge in [0.25, 0.3) is 0 Å². The minimum absolute atomic E-state index is 0.0119. The lowest BCUT2D eigenvalue weighted by Gasteiger charge is -2.15. The van der Waals surface area contributed by atoms with Crippen LogP contribution < -0.4 is 5.32 Å². The van der Waals surface area contributed by atoms with Gasteiger partial charge in [0.1, 0.15) is 12.4 Å². The standard InChI is InChI=1S/C17H21N3O4/c21-8-7-18-17-19-15-5-1-2-6-16(15)20(17)10-13(22)11-23-12-14-4-3-9-24-14/h1-6,9,13,21-22H,7-8,10-12H2,(H,18,19). The van der Waals surface area contributed by atoms with Crippen LogP contribution >= 0.6 is 0 Å². The SMILES string of the molecule is OCCNc1nc2ccccc2n1CC(O)COCc1ccco1. The van der Waals surface area contributed by atoms with Gasteiger partial charge in [-0.3, -0.25) is 0 Å². The van der Waals surface area contributed by atoms with Gasteiger partial charge in [-0.2, -0.15) is 0 Å². The van der Waals surface area contributed by atoms with Crippen LogP contribution in [-0.2, 0) is 17.9 Å². The van der Waals surface area contributed by atoms with Crippen LogP contribution in [0.15, 0.2) is 47.1 Å². The summed E-state index contributed by atoms with van der Waals surface area (Å²) in [6.45, 7) is 1.26. The van der Waals surface area contributed by atoms with E-state index in [4.69, 9.17) is 14.3 Å². The van der Waals surface area contributed by atoms with E-state index in [1.165, 1.54) is 0 Å². The molecule has 24 heavy (non-hydrogen) atoms. The van der Waals surface area contributed by atoms with Crippen molar-refractivity contribution in [3.05, 3.63) is 48.4 Å². The second-order valence-corrected chi connectivity index (χ2v) is 5.43. The molecule has 0 aliphatic heterocycles. The average molecular weight is 331 g/mol. The number of nitrogens with zero attached hydrogens (tertiary/aromatic N) is 2. The lowest BCUT2D eigenvalue weighted by atomic mass is 10.3. The number of furan rings is 1. The monoisotopic (exact) mass is 331 g/mol. The first-order chi connectivity index (χ1) is 11.8. The Morgan fingerprint density at radius 2 is 2.12 bits per heavy atom. The Kier molecular flexibility index (Phi) is 5.47. The molecule has 128 valence electrons. The van der Waals surface area contributed by atoms with Crippen molar-refractivity contribution in [2.75, 3.05) is 25.1 Å². The highest BCUT2D eigenvalue weighted by molar-refractivity contribution is 5.78. The molecule has 1 atom stereocenters. The average Bonchev–Trinajstić information content (AvgIpc) is 3.21. The Bertz CT molecular complexity index is 754. The number of benzene rings is 1. The Labute approximate surface area is 139 Å². The predicted octanol–water partition coefficient (Wildman–Crippen LogP) is 1.61. The van der Waals surface area contributed by atoms with E-state index < -0.39 is 6.10 Å². The molecule has 0 saturated carbocycles. The third kappa shape index (κ3) is 3.94. The highest BCUT2D eigenvalue weighted by atomic mass is 16.5. The van der Waals surface area contributed by atoms with E-state index in [1.54, 1.807) is 12.3 Å². The first-order valence-corrected chi connectivity index (χ1v) is 7.86. The van der Waals surface area contributed by atoms with Crippen molar-refractivity contribution in [3.8, 4) is 0 Å². The second kappa shape index (κ2) is 7.96. The minimum Gasteiger partial charge on any atom is -0.467 e. The number of imidazole rings is 1. The molecule has 3 aromatic rings. The number of aromatic nitrogens is 2. The highest BCUT2D eigenvalue weighted by Crippen LogP contribution is 2.20. The second-order valence-electron chi connectivity index (χ2n) is 5.43. The Morgan fingerprint density at radius 3 is 2.92 bits per heavy atom. The third-order valence-electron chi connectivity index (χ3n) is 3.58. The van der Waals surface area contributed by atoms with E-state index in [2.05, 4.69) is 10.3 Å². The topological polar surface area (TPSA) is 92.7 Å². The van der Waals surface area contributed by atoms with Crippen molar-refractivity contribution in [2.24, 2.45) is 0 Å². The van der Waals surface area contributed by atoms with Crippen molar-refractivity contribution in [1.29, 1.82) is 0 Å². The van der Waals surface area contributed by atoms with Gasteiger partial charge in [0.2, 0.25) is 5.95 Å². The van der Waals surface area contributed by atoms with Gasteiger partial charge in [0.15, 0.2) is 0 Å². The normalized spacial score (nSPS) is 12.6. The van der Waals surface area contributed by atoms with Crippen molar-refractivity contribution >= 4 is 17.0 Å². The van der Waals surface area contributed by atoms with Crippen LogP contribution in [0, 0.1) is 0 Å². The maximum atomic E-state index is 10.3. The number of rotatable bonds is 9. The van der Waals surface area contributed by atoms with Gasteiger partial charge in [-0.05, 0) is 24.3 Å². The summed E-state index contributed by atoms with van der Waals surface area (Å²) in [5.74, 6) is 1.34. The number of hydrogen-bond acceptors (Lipinski definition) is 6. The molecule has 0 fully saturated rings. The van der Waals surface area contributed by atoms with E-state index >= 15 is 0 Å². The summed E-state index contributed by atoms with van der Waals surface area (Å²) in [4.78, 5) is 4.50. The fourth-order valence-corrected chi connectivity index (χ4v) is 2.52. The Morgan fingerprint density at radius 1 is 1.25 bits per heavy atom. The van der Waals surface area contributed by atoms with Crippen molar-refractivity contribution in [3.63, 3.8) is 0 Å². The van der Waals surface area contributed by atoms with E-state index in [1.807, 2.05) is 34.9 Å². The van der Waals surface area contributed by atoms with Crippen molar-refractivity contribution in [2.45, 2.75) is 19.3 Å². The van der Waals surface area contributed by atoms with Crippen LogP contribution in [0.25, 0.3) is 11.0 Å². The van der Waals surface area contributed by atoms with Crippen LogP contribution in [0.2, 0.25) is 0 Å². The molecule has 0 spiro atoms. The molecule has 7 nitrogen and oxygen atoms in total. The summed E-state index contributed by atoms with van der Waals surface area (Å²) in [6, 6.07) is 11.3. The van der Waals surface area contributed by atoms with Gasteiger partial charge in [0.05, 0.1) is 43.2 Å². The van der Waals surface area contributed by atoms with Gasteiger partial charge >= 0.3 is 0 Å². The molecule has 0 radical (unpaired) electrons. The highest BCUT2D eigenvalue weighted by Gasteiger charge is 2.14. The molecule has 0 saturated heterocycles. The van der Waals surface area contributed by atoms with E-state index in [0.717, 1.165) is 16.8 Å². The number of ether oxygens (including phenoxy) is 1. The molecule has 3 N–H and O–H groups in total. The first kappa shape index (κ1) is 16.5. The number of hydrogen-bond donors (Lipinski definition) is 3. The molecule has 2 aromatic heterocycles. The van der Waals surface area contributed by atoms with Gasteiger partial charge in [-0.1, -0.05) is 12.1 Å². The Hall–Kier alpha value is -2.35. The molecule has 3 rings (SSSR count). The van der Waals surface area contributed by atoms with E-state index in [9.17, 15) is 5.11 Å². The zero-order chi connectivity index (χ0) is 16.8. The molecule has 0 amide bonds. The quantitative estimate of drug-likeness (QED) is 0.552. The number of nitrogens with one attached hydrogen (secondary N) is 1. The zero-order valence-corrected chi connectivity index (χ0v) is 13.3. The van der Waals surface area contributed by atoms with Crippen molar-refractivity contribution in [1.82, 2.24) is 9.55 Å². The van der Waals surface area contributed by atoms with Crippen LogP contribution in [0.1, 0.15) is 5.76 Å². The fourth-order valence-electron chi connectivity index (χ4n) is 2.52. The van der Waals surface area contributed by atoms with E-state index in [-0.39, 0.29) is 13.2 Å². The zero-order valence-electron chi connectivity index (χ0n) is 13.3. The molecule has 1 aromatic carbocycles. The summed E-state index contributed by atoms with van der Waals surface area (Å²) >= 11 is 0. The van der Waals surface area contributed by atoms with Gasteiger partial charge in [-0.15, -0.1) is 0 Å². The van der Waals surface area contributed by atoms with Crippen LogP contribution in [-0.4, -0.2) is 45.6 Å². The molecule has 2 heterocycles. The molecule has 0 bridgehead atoms. The van der Waals surface area contributed by atoms with Gasteiger partial charge in [0, 0.05) is 6.54 Å². The summed E-state index contributed by atoms with van der Waals surface area (Å²) in [5, 5.41) is 22.4. The lowest BCUT2D eigenvalue weighted by molar-refractivity contribution is 0.0154. The Balaban J connectivity index is 1.65. The van der Waals surface area contributed by atoms with Crippen LogP contribution in [0.3, 0.4) is 0 Å². The summed E-state index contributed by atoms with van der Waals surface area (Å²) in [6.07, 6.45) is 0.901. The molecular formula is C17H21N3O4. The van der Waals surface area contributed by atoms with Crippen LogP contribution in [0.5, 0.6) is 0 Å². The molecule has 0 aliphatic carbocycles. The number of aliphatic hydroxyl groups is 2. The molecule has 1 unspecified atom stereocenters. The number of fused-ring (bicyclic) bond motifs is 1. The van der Waals surface area contributed by atoms with Gasteiger partial charge < -0.3 is 29.3 Å². The van der Waals surface area contributed by atoms with Gasteiger partial charge in [-0.25, -0.2) is 4.98 Å². The number of anilines is 1. The molecule has 7 heteroatoms. The summed E-state index contributed by atoms with van der Waals surface area (Å²) in [5.41, 5.74) is 1.75. The maximum absolute atomic E-state index is 10.3. The smallest absolute Gasteiger partial charge is 0.204 e. The fraction of sp³-hybridized carbons (Fsp3) is 0.353. The summed E-state index contributed by atoms with van der Waals surface area (Å²) in [7, 11) is 0. The van der Waals surface area contributed by atoms with Crippen molar-refractivity contribution < 1.29 is 19.4 Å². The van der Waals surface area contributed by atoms with Crippen LogP contribution in [0.4, 0.5) is 5.95 Å². The predicted molar refractivity (Wildman–Crippen MR) is 89.7 cm³/mol. The minimum atomic E-state index is -0.688.